The Morgan fingerprint density at radius 1 is 0.686 bits per heavy atom. The molecule has 0 amide bonds. The molecular formula is C48H66N12O8S2. The van der Waals surface area contributed by atoms with Crippen molar-refractivity contribution in [2.24, 2.45) is 11.8 Å². The summed E-state index contributed by atoms with van der Waals surface area (Å²) in [7, 11) is 3.25. The Balaban J connectivity index is 1.14. The third kappa shape index (κ3) is 10.5. The van der Waals surface area contributed by atoms with Crippen molar-refractivity contribution in [1.82, 2.24) is 39.9 Å². The molecule has 8 atom stereocenters. The molecule has 0 bridgehead atoms. The van der Waals surface area contributed by atoms with Crippen LogP contribution in [0.3, 0.4) is 0 Å². The van der Waals surface area contributed by atoms with E-state index in [1.807, 2.05) is 46.8 Å². The molecule has 9 N–H and O–H groups in total. The molecule has 378 valence electrons. The Hall–Kier alpha value is -4.88. The predicted octanol–water partition coefficient (Wildman–Crippen LogP) is 5.94. The van der Waals surface area contributed by atoms with E-state index in [-0.39, 0.29) is 43.4 Å². The Kier molecular flexibility index (Phi) is 14.7. The molecule has 2 saturated carbocycles. The van der Waals surface area contributed by atoms with Gasteiger partial charge in [-0.15, -0.1) is 22.7 Å². The number of rotatable bonds is 19. The summed E-state index contributed by atoms with van der Waals surface area (Å²) in [5.41, 5.74) is -1.22. The van der Waals surface area contributed by atoms with Gasteiger partial charge in [0.1, 0.15) is 44.9 Å². The standard InChI is InChI=1S/C48H66N12O8S2/c1-23(66-10)20-51-43-53-25(3)33(39(57-43)59-47(64)16-12-28(37(47)61)45(6,7)62)42-56-36-30(50-19-15-32(36)70-42)22-68-38-29(46(8,9)63)13-17-48(38,65)60-40-34(26(4)54-44(58-40)52-21-24(2)67-11)41-55-35-27(5)49-18-14-31(35)69-41/h14-15,18-19,23-24,28-29,37-38,61-65H,12-13,16-17,20-22H2,1-11H3,(H2,51,53,57,59)(H2,52,54,58,60)/t23-,24+,28-,29-,37+,38+,47-,48+/m0/s1. The highest BCUT2D eigenvalue weighted by atomic mass is 32.1. The normalized spacial score (nSPS) is 23.8. The number of ether oxygens (including phenoxy) is 3. The summed E-state index contributed by atoms with van der Waals surface area (Å²) >= 11 is 2.84. The number of hydrogen-bond acceptors (Lipinski definition) is 22. The van der Waals surface area contributed by atoms with Crippen LogP contribution < -0.4 is 21.3 Å². The van der Waals surface area contributed by atoms with Gasteiger partial charge in [-0.3, -0.25) is 9.97 Å². The molecule has 0 saturated heterocycles. The van der Waals surface area contributed by atoms with Gasteiger partial charge in [-0.1, -0.05) is 0 Å². The maximum Gasteiger partial charge on any atom is 0.224 e. The van der Waals surface area contributed by atoms with Gasteiger partial charge in [-0.05, 0) is 100 Å². The minimum atomic E-state index is -1.82. The summed E-state index contributed by atoms with van der Waals surface area (Å²) in [5.74, 6) is 0.0533. The van der Waals surface area contributed by atoms with Gasteiger partial charge in [-0.2, -0.15) is 9.97 Å². The van der Waals surface area contributed by atoms with Crippen LogP contribution in [0.2, 0.25) is 0 Å². The van der Waals surface area contributed by atoms with E-state index in [1.54, 1.807) is 54.3 Å². The Bertz CT molecular complexity index is 2840. The molecule has 70 heavy (non-hydrogen) atoms. The number of thiazole rings is 2. The van der Waals surface area contributed by atoms with Crippen LogP contribution in [0.5, 0.6) is 0 Å². The molecule has 0 spiro atoms. The fourth-order valence-electron chi connectivity index (χ4n) is 9.43. The number of aliphatic hydroxyl groups is 5. The Morgan fingerprint density at radius 3 is 1.69 bits per heavy atom. The van der Waals surface area contributed by atoms with Crippen LogP contribution in [0, 0.1) is 32.6 Å². The first-order valence-corrected chi connectivity index (χ1v) is 25.2. The van der Waals surface area contributed by atoms with Crippen LogP contribution in [0.25, 0.3) is 41.6 Å². The van der Waals surface area contributed by atoms with Crippen molar-refractivity contribution in [3.8, 4) is 21.1 Å². The van der Waals surface area contributed by atoms with E-state index >= 15 is 0 Å². The van der Waals surface area contributed by atoms with E-state index in [1.165, 1.54) is 22.7 Å². The summed E-state index contributed by atoms with van der Waals surface area (Å²) in [6.07, 6.45) is 2.00. The van der Waals surface area contributed by atoms with Crippen molar-refractivity contribution in [3.05, 3.63) is 47.3 Å². The lowest BCUT2D eigenvalue weighted by molar-refractivity contribution is -0.131. The zero-order valence-corrected chi connectivity index (χ0v) is 43.2. The zero-order chi connectivity index (χ0) is 50.5. The number of aliphatic hydroxyl groups excluding tert-OH is 1. The molecule has 20 nitrogen and oxygen atoms in total. The molecule has 2 aliphatic carbocycles. The summed E-state index contributed by atoms with van der Waals surface area (Å²) in [6.45, 7) is 16.9. The lowest BCUT2D eigenvalue weighted by atomic mass is 9.87. The molecule has 0 unspecified atom stereocenters. The third-order valence-corrected chi connectivity index (χ3v) is 15.7. The first-order chi connectivity index (χ1) is 33.0. The van der Waals surface area contributed by atoms with Gasteiger partial charge in [-0.25, -0.2) is 19.9 Å². The molecule has 8 rings (SSSR count). The minimum absolute atomic E-state index is 0.0886. The van der Waals surface area contributed by atoms with Crippen molar-refractivity contribution < 1.29 is 39.7 Å². The van der Waals surface area contributed by atoms with Gasteiger partial charge in [0.05, 0.1) is 73.3 Å². The highest BCUT2D eigenvalue weighted by Gasteiger charge is 2.54. The molecule has 0 aliphatic heterocycles. The number of nitrogens with one attached hydrogen (secondary N) is 4. The summed E-state index contributed by atoms with van der Waals surface area (Å²) in [5, 5.41) is 72.9. The maximum absolute atomic E-state index is 12.9. The van der Waals surface area contributed by atoms with Crippen LogP contribution in [0.4, 0.5) is 23.5 Å². The summed E-state index contributed by atoms with van der Waals surface area (Å²) in [6, 6.07) is 3.76. The second-order valence-electron chi connectivity index (χ2n) is 19.8. The number of methoxy groups -OCH3 is 2. The number of anilines is 4. The Labute approximate surface area is 415 Å². The largest absolute Gasteiger partial charge is 0.390 e. The fraction of sp³-hybridized carbons (Fsp3) is 0.583. The van der Waals surface area contributed by atoms with Crippen LogP contribution in [0.1, 0.15) is 90.0 Å². The first kappa shape index (κ1) is 51.5. The molecule has 22 heteroatoms. The molecule has 0 aromatic carbocycles. The predicted molar refractivity (Wildman–Crippen MR) is 271 cm³/mol. The molecule has 0 radical (unpaired) electrons. The maximum atomic E-state index is 12.9. The summed E-state index contributed by atoms with van der Waals surface area (Å²) < 4.78 is 19.4. The lowest BCUT2D eigenvalue weighted by Gasteiger charge is -2.38. The molecular weight excluding hydrogens is 937 g/mol. The number of fused-ring (bicyclic) bond motifs is 2. The van der Waals surface area contributed by atoms with E-state index < -0.39 is 46.7 Å². The number of nitrogens with zero attached hydrogens (tertiary/aromatic N) is 8. The molecule has 6 heterocycles. The highest BCUT2D eigenvalue weighted by Crippen LogP contribution is 2.47. The molecule has 6 aromatic heterocycles. The quantitative estimate of drug-likeness (QED) is 0.0425. The minimum Gasteiger partial charge on any atom is -0.390 e. The van der Waals surface area contributed by atoms with Crippen molar-refractivity contribution >= 4 is 66.6 Å². The topological polar surface area (TPSA) is 280 Å². The van der Waals surface area contributed by atoms with E-state index in [4.69, 9.17) is 49.1 Å². The van der Waals surface area contributed by atoms with Crippen LogP contribution in [-0.2, 0) is 20.8 Å². The van der Waals surface area contributed by atoms with Crippen molar-refractivity contribution in [1.29, 1.82) is 0 Å². The van der Waals surface area contributed by atoms with Gasteiger partial charge < -0.3 is 61.0 Å². The SMILES string of the molecule is CO[C@H](C)CNc1nc(C)c(-c2nc3c(C)nccc3s2)c(N[C@@]2(O)CC[C@H](C(C)(C)O)[C@H]2OCc2nccc3sc(-c4c(C)nc(NC[C@H](C)OC)nc4N[C@]4(O)CC[C@H](C(C)(C)O)[C@H]4O)nc23)n1. The van der Waals surface area contributed by atoms with Crippen molar-refractivity contribution in [2.45, 2.75) is 142 Å². The van der Waals surface area contributed by atoms with Gasteiger partial charge in [0.2, 0.25) is 11.9 Å². The second-order valence-corrected chi connectivity index (χ2v) is 21.9. The number of hydrogen-bond donors (Lipinski definition) is 9. The number of aryl methyl sites for hydroxylation is 3. The van der Waals surface area contributed by atoms with E-state index in [0.29, 0.717) is 81.4 Å². The van der Waals surface area contributed by atoms with E-state index in [9.17, 15) is 25.5 Å². The smallest absolute Gasteiger partial charge is 0.224 e. The third-order valence-electron chi connectivity index (χ3n) is 13.6. The van der Waals surface area contributed by atoms with Gasteiger partial charge in [0, 0.05) is 51.5 Å². The summed E-state index contributed by atoms with van der Waals surface area (Å²) in [4.78, 5) is 38.5. The number of aromatic nitrogens is 8. The first-order valence-electron chi connectivity index (χ1n) is 23.5. The van der Waals surface area contributed by atoms with Crippen LogP contribution in [-0.4, -0.2) is 140 Å². The van der Waals surface area contributed by atoms with Crippen molar-refractivity contribution in [3.63, 3.8) is 0 Å². The average Bonchev–Trinajstić information content (AvgIpc) is 4.07. The highest BCUT2D eigenvalue weighted by molar-refractivity contribution is 7.22. The molecule has 6 aromatic rings. The lowest BCUT2D eigenvalue weighted by Crippen LogP contribution is -2.52. The monoisotopic (exact) mass is 1000 g/mol. The average molecular weight is 1000 g/mol. The van der Waals surface area contributed by atoms with Gasteiger partial charge in [0.25, 0.3) is 0 Å². The van der Waals surface area contributed by atoms with Gasteiger partial charge in [0.15, 0.2) is 11.4 Å². The Morgan fingerprint density at radius 2 is 1.17 bits per heavy atom. The fourth-order valence-corrected chi connectivity index (χ4v) is 11.6. The van der Waals surface area contributed by atoms with Crippen LogP contribution >= 0.6 is 22.7 Å². The van der Waals surface area contributed by atoms with Crippen molar-refractivity contribution in [2.75, 3.05) is 48.6 Å². The van der Waals surface area contributed by atoms with Gasteiger partial charge >= 0.3 is 0 Å². The molecule has 2 aliphatic rings. The van der Waals surface area contributed by atoms with Crippen LogP contribution in [0.15, 0.2) is 24.5 Å². The van der Waals surface area contributed by atoms with E-state index in [2.05, 4.69) is 26.3 Å². The second kappa shape index (κ2) is 20.0. The molecule has 2 fully saturated rings. The van der Waals surface area contributed by atoms with E-state index in [0.717, 1.165) is 20.6 Å². The zero-order valence-electron chi connectivity index (χ0n) is 41.6. The number of pyridine rings is 2.